The summed E-state index contributed by atoms with van der Waals surface area (Å²) >= 11 is 4.56. The highest BCUT2D eigenvalue weighted by Gasteiger charge is 2.30. The lowest BCUT2D eigenvalue weighted by atomic mass is 9.98. The molecule has 0 spiro atoms. The second-order valence-electron chi connectivity index (χ2n) is 9.00. The van der Waals surface area contributed by atoms with E-state index in [1.165, 1.54) is 22.3 Å². The van der Waals surface area contributed by atoms with Crippen LogP contribution >= 0.6 is 12.6 Å². The molecule has 0 saturated carbocycles. The predicted octanol–water partition coefficient (Wildman–Crippen LogP) is 5.33. The Balaban J connectivity index is 1.18. The molecule has 1 saturated heterocycles. The average molecular weight is 469 g/mol. The number of hydrogen-bond acceptors (Lipinski definition) is 4. The summed E-state index contributed by atoms with van der Waals surface area (Å²) in [6, 6.07) is 20.9. The Morgan fingerprint density at radius 2 is 1.65 bits per heavy atom. The molecule has 0 N–H and O–H groups in total. The molecule has 0 bridgehead atoms. The molecule has 3 aromatic rings. The van der Waals surface area contributed by atoms with E-state index in [2.05, 4.69) is 84.1 Å². The first kappa shape index (κ1) is 22.6. The predicted molar refractivity (Wildman–Crippen MR) is 138 cm³/mol. The maximum atomic E-state index is 12.9. The van der Waals surface area contributed by atoms with Crippen LogP contribution in [-0.4, -0.2) is 48.7 Å². The van der Waals surface area contributed by atoms with Gasteiger partial charge in [-0.2, -0.15) is 0 Å². The summed E-state index contributed by atoms with van der Waals surface area (Å²) in [4.78, 5) is 17.9. The molecule has 1 fully saturated rings. The van der Waals surface area contributed by atoms with Gasteiger partial charge in [0.2, 0.25) is 0 Å². The molecular formula is C29H28N2O2S. The summed E-state index contributed by atoms with van der Waals surface area (Å²) in [5.74, 6) is 2.83. The molecule has 0 atom stereocenters. The van der Waals surface area contributed by atoms with E-state index in [0.29, 0.717) is 19.7 Å². The number of carbonyl (C=O) groups is 1. The van der Waals surface area contributed by atoms with E-state index in [1.807, 2.05) is 11.8 Å². The van der Waals surface area contributed by atoms with Gasteiger partial charge in [0.15, 0.2) is 0 Å². The third-order valence-corrected chi connectivity index (χ3v) is 7.43. The fourth-order valence-corrected chi connectivity index (χ4v) is 5.32. The standard InChI is InChI=1S/C29H28N2O2S/c1-3-22-16-21(17-28(34)20(22)2)18-30-12-14-31(15-13-30)29(32)33-19-27-25-10-6-4-8-23(25)24-9-5-7-11-26(24)27/h1,4-11,16-17,27,34H,12-15,18-19H2,2H3. The minimum atomic E-state index is -0.232. The first-order valence-corrected chi connectivity index (χ1v) is 12.1. The van der Waals surface area contributed by atoms with Crippen molar-refractivity contribution < 1.29 is 9.53 Å². The van der Waals surface area contributed by atoms with Gasteiger partial charge >= 0.3 is 6.09 Å². The quantitative estimate of drug-likeness (QED) is 0.415. The van der Waals surface area contributed by atoms with Gasteiger partial charge in [-0.1, -0.05) is 54.5 Å². The number of carbonyl (C=O) groups excluding carboxylic acids is 1. The lowest BCUT2D eigenvalue weighted by molar-refractivity contribution is 0.0728. The van der Waals surface area contributed by atoms with Crippen LogP contribution in [0.4, 0.5) is 4.79 Å². The third-order valence-electron chi connectivity index (χ3n) is 6.97. The molecule has 1 aliphatic heterocycles. The van der Waals surface area contributed by atoms with Crippen LogP contribution in [-0.2, 0) is 11.3 Å². The molecule has 5 heteroatoms. The number of rotatable bonds is 4. The highest BCUT2D eigenvalue weighted by molar-refractivity contribution is 7.80. The van der Waals surface area contributed by atoms with Gasteiger partial charge in [-0.15, -0.1) is 19.1 Å². The van der Waals surface area contributed by atoms with E-state index in [0.717, 1.165) is 41.2 Å². The zero-order valence-electron chi connectivity index (χ0n) is 19.3. The molecule has 2 aliphatic rings. The van der Waals surface area contributed by atoms with Crippen molar-refractivity contribution in [2.45, 2.75) is 24.3 Å². The van der Waals surface area contributed by atoms with Gasteiger partial charge in [0.05, 0.1) is 0 Å². The van der Waals surface area contributed by atoms with Gasteiger partial charge in [-0.25, -0.2) is 4.79 Å². The van der Waals surface area contributed by atoms with Crippen molar-refractivity contribution in [3.63, 3.8) is 0 Å². The fraction of sp³-hybridized carbons (Fsp3) is 0.276. The summed E-state index contributed by atoms with van der Waals surface area (Å²) in [6.07, 6.45) is 5.41. The van der Waals surface area contributed by atoms with Gasteiger partial charge in [-0.3, -0.25) is 4.90 Å². The molecule has 34 heavy (non-hydrogen) atoms. The molecule has 5 rings (SSSR count). The minimum absolute atomic E-state index is 0.0833. The van der Waals surface area contributed by atoms with Crippen LogP contribution in [0.5, 0.6) is 0 Å². The fourth-order valence-electron chi connectivity index (χ4n) is 5.03. The lowest BCUT2D eigenvalue weighted by Crippen LogP contribution is -2.48. The van der Waals surface area contributed by atoms with Gasteiger partial charge in [0.1, 0.15) is 6.61 Å². The van der Waals surface area contributed by atoms with Crippen molar-refractivity contribution in [2.24, 2.45) is 0 Å². The van der Waals surface area contributed by atoms with Gasteiger partial charge in [0, 0.05) is 49.1 Å². The van der Waals surface area contributed by atoms with Crippen LogP contribution in [0.25, 0.3) is 11.1 Å². The summed E-state index contributed by atoms with van der Waals surface area (Å²) in [5.41, 5.74) is 8.01. The number of ether oxygens (including phenoxy) is 1. The Labute approximate surface area is 206 Å². The Bertz CT molecular complexity index is 1230. The second kappa shape index (κ2) is 9.58. The Kier molecular flexibility index (Phi) is 6.36. The number of benzene rings is 3. The van der Waals surface area contributed by atoms with Gasteiger partial charge in [0.25, 0.3) is 0 Å². The van der Waals surface area contributed by atoms with Crippen molar-refractivity contribution in [3.8, 4) is 23.5 Å². The van der Waals surface area contributed by atoms with Crippen molar-refractivity contribution in [2.75, 3.05) is 32.8 Å². The molecule has 0 aromatic heterocycles. The van der Waals surface area contributed by atoms with Crippen molar-refractivity contribution in [1.82, 2.24) is 9.80 Å². The number of hydrogen-bond donors (Lipinski definition) is 1. The molecule has 3 aromatic carbocycles. The minimum Gasteiger partial charge on any atom is -0.448 e. The van der Waals surface area contributed by atoms with Crippen LogP contribution in [0.2, 0.25) is 0 Å². The molecule has 0 unspecified atom stereocenters. The van der Waals surface area contributed by atoms with Crippen molar-refractivity contribution in [1.29, 1.82) is 0 Å². The van der Waals surface area contributed by atoms with Crippen LogP contribution in [0.1, 0.15) is 33.7 Å². The van der Waals surface area contributed by atoms with E-state index in [9.17, 15) is 4.79 Å². The van der Waals surface area contributed by atoms with Gasteiger partial charge < -0.3 is 9.64 Å². The topological polar surface area (TPSA) is 32.8 Å². The van der Waals surface area contributed by atoms with Crippen molar-refractivity contribution >= 4 is 18.7 Å². The second-order valence-corrected chi connectivity index (χ2v) is 9.48. The Morgan fingerprint density at radius 1 is 1.03 bits per heavy atom. The molecular weight excluding hydrogens is 440 g/mol. The summed E-state index contributed by atoms with van der Waals surface area (Å²) < 4.78 is 5.83. The molecule has 1 heterocycles. The third kappa shape index (κ3) is 4.32. The van der Waals surface area contributed by atoms with Crippen LogP contribution in [0, 0.1) is 19.3 Å². The SMILES string of the molecule is C#Cc1cc(CN2CCN(C(=O)OCC3c4ccccc4-c4ccccc43)CC2)cc(S)c1C. The van der Waals surface area contributed by atoms with E-state index in [4.69, 9.17) is 11.2 Å². The number of terminal acetylenes is 1. The number of piperazine rings is 1. The molecule has 1 amide bonds. The zero-order chi connectivity index (χ0) is 23.7. The number of fused-ring (bicyclic) bond motifs is 3. The molecule has 1 aliphatic carbocycles. The Morgan fingerprint density at radius 3 is 2.26 bits per heavy atom. The highest BCUT2D eigenvalue weighted by atomic mass is 32.1. The van der Waals surface area contributed by atoms with E-state index in [1.54, 1.807) is 0 Å². The van der Waals surface area contributed by atoms with E-state index in [-0.39, 0.29) is 12.0 Å². The number of amides is 1. The first-order valence-electron chi connectivity index (χ1n) is 11.7. The monoisotopic (exact) mass is 468 g/mol. The molecule has 172 valence electrons. The highest BCUT2D eigenvalue weighted by Crippen LogP contribution is 2.44. The zero-order valence-corrected chi connectivity index (χ0v) is 20.2. The van der Waals surface area contributed by atoms with E-state index >= 15 is 0 Å². The van der Waals surface area contributed by atoms with Gasteiger partial charge in [-0.05, 0) is 52.4 Å². The van der Waals surface area contributed by atoms with E-state index < -0.39 is 0 Å². The summed E-state index contributed by atoms with van der Waals surface area (Å²) in [6.45, 7) is 6.04. The smallest absolute Gasteiger partial charge is 0.409 e. The molecule has 4 nitrogen and oxygen atoms in total. The van der Waals surface area contributed by atoms with Crippen molar-refractivity contribution in [3.05, 3.63) is 88.5 Å². The Hall–Kier alpha value is -3.20. The largest absolute Gasteiger partial charge is 0.448 e. The van der Waals surface area contributed by atoms with Crippen LogP contribution < -0.4 is 0 Å². The maximum absolute atomic E-state index is 12.9. The van der Waals surface area contributed by atoms with Crippen LogP contribution in [0.3, 0.4) is 0 Å². The number of thiol groups is 1. The average Bonchev–Trinajstić information content (AvgIpc) is 3.19. The lowest BCUT2D eigenvalue weighted by Gasteiger charge is -2.34. The number of nitrogens with zero attached hydrogens (tertiary/aromatic N) is 2. The summed E-state index contributed by atoms with van der Waals surface area (Å²) in [7, 11) is 0. The summed E-state index contributed by atoms with van der Waals surface area (Å²) in [5, 5.41) is 0. The molecule has 0 radical (unpaired) electrons. The normalized spacial score (nSPS) is 15.5. The maximum Gasteiger partial charge on any atom is 0.409 e. The first-order chi connectivity index (χ1) is 16.5. The van der Waals surface area contributed by atoms with Crippen LogP contribution in [0.15, 0.2) is 65.6 Å².